The summed E-state index contributed by atoms with van der Waals surface area (Å²) in [6.45, 7) is 5.94. The molecule has 1 nitrogen and oxygen atoms in total. The van der Waals surface area contributed by atoms with Crippen LogP contribution in [0.2, 0.25) is 0 Å². The Hall–Kier alpha value is -0.0400. The molecule has 79 valence electrons. The Morgan fingerprint density at radius 2 is 1.62 bits per heavy atom. The van der Waals surface area contributed by atoms with Gasteiger partial charge in [-0.25, -0.2) is 0 Å². The quantitative estimate of drug-likeness (QED) is 0.543. The van der Waals surface area contributed by atoms with Crippen LogP contribution in [0.4, 0.5) is 0 Å². The van der Waals surface area contributed by atoms with E-state index in [-0.39, 0.29) is 6.10 Å². The molecule has 0 aliphatic rings. The Morgan fingerprint density at radius 1 is 1.00 bits per heavy atom. The van der Waals surface area contributed by atoms with Crippen LogP contribution in [-0.4, -0.2) is 11.2 Å². The average molecular weight is 185 g/mol. The zero-order chi connectivity index (χ0) is 9.94. The van der Waals surface area contributed by atoms with Gasteiger partial charge < -0.3 is 5.11 Å². The summed E-state index contributed by atoms with van der Waals surface area (Å²) >= 11 is 0. The summed E-state index contributed by atoms with van der Waals surface area (Å²) in [7, 11) is 0. The molecule has 0 aromatic heterocycles. The van der Waals surface area contributed by atoms with E-state index in [9.17, 15) is 5.11 Å². The number of aliphatic hydroxyl groups excluding tert-OH is 1. The van der Waals surface area contributed by atoms with Crippen molar-refractivity contribution in [1.82, 2.24) is 0 Å². The first-order valence-electron chi connectivity index (χ1n) is 5.78. The molecular weight excluding hydrogens is 160 g/mol. The maximum absolute atomic E-state index is 9.44. The van der Waals surface area contributed by atoms with Crippen molar-refractivity contribution in [2.75, 3.05) is 0 Å². The lowest BCUT2D eigenvalue weighted by Crippen LogP contribution is -2.04. The van der Waals surface area contributed by atoms with Crippen LogP contribution in [0.3, 0.4) is 0 Å². The Balaban J connectivity index is 2.97. The minimum atomic E-state index is -0.0437. The van der Waals surface area contributed by atoms with Crippen molar-refractivity contribution in [3.05, 3.63) is 6.92 Å². The first-order chi connectivity index (χ1) is 6.31. The monoisotopic (exact) mass is 185 g/mol. The summed E-state index contributed by atoms with van der Waals surface area (Å²) in [6.07, 6.45) is 10.5. The molecule has 0 amide bonds. The first-order valence-corrected chi connectivity index (χ1v) is 5.78. The molecule has 1 radical (unpaired) electrons. The molecule has 0 aliphatic carbocycles. The fraction of sp³-hybridized carbons (Fsp3) is 0.917. The molecule has 0 saturated heterocycles. The molecule has 1 heteroatoms. The van der Waals surface area contributed by atoms with Gasteiger partial charge >= 0.3 is 0 Å². The molecule has 1 unspecified atom stereocenters. The second kappa shape index (κ2) is 10.0. The number of aliphatic hydroxyl groups is 1. The van der Waals surface area contributed by atoms with E-state index >= 15 is 0 Å². The van der Waals surface area contributed by atoms with E-state index in [1.54, 1.807) is 0 Å². The van der Waals surface area contributed by atoms with E-state index in [0.717, 1.165) is 25.7 Å². The lowest BCUT2D eigenvalue weighted by atomic mass is 10.0. The summed E-state index contributed by atoms with van der Waals surface area (Å²) < 4.78 is 0. The highest BCUT2D eigenvalue weighted by atomic mass is 16.3. The van der Waals surface area contributed by atoms with Crippen LogP contribution in [0.5, 0.6) is 0 Å². The summed E-state index contributed by atoms with van der Waals surface area (Å²) in [6, 6.07) is 0. The van der Waals surface area contributed by atoms with Gasteiger partial charge in [-0.1, -0.05) is 58.8 Å². The van der Waals surface area contributed by atoms with Gasteiger partial charge in [-0.15, -0.1) is 0 Å². The van der Waals surface area contributed by atoms with Crippen LogP contribution in [0.15, 0.2) is 0 Å². The topological polar surface area (TPSA) is 20.2 Å². The number of unbranched alkanes of at least 4 members (excludes halogenated alkanes) is 5. The van der Waals surface area contributed by atoms with Gasteiger partial charge in [0.2, 0.25) is 0 Å². The summed E-state index contributed by atoms with van der Waals surface area (Å²) in [5.41, 5.74) is 0. The van der Waals surface area contributed by atoms with Crippen LogP contribution in [0, 0.1) is 6.92 Å². The number of rotatable bonds is 9. The van der Waals surface area contributed by atoms with Gasteiger partial charge in [0.05, 0.1) is 6.10 Å². The molecule has 13 heavy (non-hydrogen) atoms. The zero-order valence-electron chi connectivity index (χ0n) is 9.10. The smallest absolute Gasteiger partial charge is 0.0540 e. The van der Waals surface area contributed by atoms with Gasteiger partial charge in [-0.2, -0.15) is 0 Å². The Kier molecular flexibility index (Phi) is 10.0. The zero-order valence-corrected chi connectivity index (χ0v) is 9.10. The van der Waals surface area contributed by atoms with Crippen LogP contribution in [0.1, 0.15) is 64.7 Å². The highest BCUT2D eigenvalue weighted by Crippen LogP contribution is 2.10. The largest absolute Gasteiger partial charge is 0.393 e. The second-order valence-corrected chi connectivity index (χ2v) is 3.85. The predicted octanol–water partition coefficient (Wildman–Crippen LogP) is 3.71. The van der Waals surface area contributed by atoms with E-state index in [0.29, 0.717) is 0 Å². The number of hydrogen-bond donors (Lipinski definition) is 1. The summed E-state index contributed by atoms with van der Waals surface area (Å²) in [4.78, 5) is 0. The lowest BCUT2D eigenvalue weighted by Gasteiger charge is -2.08. The predicted molar refractivity (Wildman–Crippen MR) is 58.6 cm³/mol. The lowest BCUT2D eigenvalue weighted by molar-refractivity contribution is 0.150. The van der Waals surface area contributed by atoms with Crippen molar-refractivity contribution >= 4 is 0 Å². The van der Waals surface area contributed by atoms with Gasteiger partial charge in [0.1, 0.15) is 0 Å². The summed E-state index contributed by atoms with van der Waals surface area (Å²) in [5.74, 6) is 0. The maximum Gasteiger partial charge on any atom is 0.0540 e. The summed E-state index contributed by atoms with van der Waals surface area (Å²) in [5, 5.41) is 9.44. The molecule has 1 atom stereocenters. The fourth-order valence-electron chi connectivity index (χ4n) is 1.56. The molecule has 0 rings (SSSR count). The second-order valence-electron chi connectivity index (χ2n) is 3.85. The van der Waals surface area contributed by atoms with E-state index in [1.165, 1.54) is 32.1 Å². The highest BCUT2D eigenvalue weighted by molar-refractivity contribution is 4.55. The third kappa shape index (κ3) is 9.88. The van der Waals surface area contributed by atoms with Crippen molar-refractivity contribution in [2.24, 2.45) is 0 Å². The van der Waals surface area contributed by atoms with Crippen molar-refractivity contribution in [3.8, 4) is 0 Å². The Morgan fingerprint density at radius 3 is 2.23 bits per heavy atom. The molecule has 0 fully saturated rings. The van der Waals surface area contributed by atoms with Crippen LogP contribution in [-0.2, 0) is 0 Å². The van der Waals surface area contributed by atoms with E-state index < -0.39 is 0 Å². The van der Waals surface area contributed by atoms with Gasteiger partial charge in [0.25, 0.3) is 0 Å². The van der Waals surface area contributed by atoms with E-state index in [4.69, 9.17) is 0 Å². The highest BCUT2D eigenvalue weighted by Gasteiger charge is 2.01. The SMILES string of the molecule is [CH2]CCCCCCCC(O)CCC. The Labute approximate surface area is 83.5 Å². The third-order valence-electron chi connectivity index (χ3n) is 2.41. The molecule has 0 spiro atoms. The third-order valence-corrected chi connectivity index (χ3v) is 2.41. The van der Waals surface area contributed by atoms with Crippen molar-refractivity contribution in [3.63, 3.8) is 0 Å². The molecule has 0 heterocycles. The van der Waals surface area contributed by atoms with Gasteiger partial charge in [0, 0.05) is 0 Å². The van der Waals surface area contributed by atoms with Crippen molar-refractivity contribution in [1.29, 1.82) is 0 Å². The molecule has 0 saturated carbocycles. The van der Waals surface area contributed by atoms with Crippen LogP contribution < -0.4 is 0 Å². The molecule has 0 aromatic rings. The molecule has 0 aliphatic heterocycles. The maximum atomic E-state index is 9.44. The molecule has 0 bridgehead atoms. The van der Waals surface area contributed by atoms with Crippen molar-refractivity contribution < 1.29 is 5.11 Å². The minimum absolute atomic E-state index is 0.0437. The Bertz CT molecular complexity index is 91.1. The molecule has 1 N–H and O–H groups in total. The first kappa shape index (κ1) is 13.0. The molecule has 0 aromatic carbocycles. The molecular formula is C12H25O. The van der Waals surface area contributed by atoms with Crippen LogP contribution in [0.25, 0.3) is 0 Å². The number of hydrogen-bond acceptors (Lipinski definition) is 1. The fourth-order valence-corrected chi connectivity index (χ4v) is 1.56. The minimum Gasteiger partial charge on any atom is -0.393 e. The van der Waals surface area contributed by atoms with E-state index in [1.807, 2.05) is 0 Å². The van der Waals surface area contributed by atoms with E-state index in [2.05, 4.69) is 13.8 Å². The average Bonchev–Trinajstić information content (AvgIpc) is 2.11. The van der Waals surface area contributed by atoms with Crippen LogP contribution >= 0.6 is 0 Å². The van der Waals surface area contributed by atoms with Crippen molar-refractivity contribution in [2.45, 2.75) is 70.8 Å². The normalized spacial score (nSPS) is 13.2. The van der Waals surface area contributed by atoms with Gasteiger partial charge in [0.15, 0.2) is 0 Å². The van der Waals surface area contributed by atoms with Gasteiger partial charge in [-0.05, 0) is 12.8 Å². The van der Waals surface area contributed by atoms with Gasteiger partial charge in [-0.3, -0.25) is 0 Å². The standard InChI is InChI=1S/C12H25O/c1-3-5-6-7-8-9-11-12(13)10-4-2/h12-13H,1,3-11H2,2H3.